The van der Waals surface area contributed by atoms with Gasteiger partial charge in [0.15, 0.2) is 0 Å². The Labute approximate surface area is 121 Å². The minimum Gasteiger partial charge on any atom is -0.399 e. The molecule has 1 aromatic rings. The van der Waals surface area contributed by atoms with E-state index in [0.29, 0.717) is 0 Å². The van der Waals surface area contributed by atoms with Crippen molar-refractivity contribution >= 4 is 18.4 Å². The predicted molar refractivity (Wildman–Crippen MR) is 81.5 cm³/mol. The van der Waals surface area contributed by atoms with Crippen LogP contribution in [0.5, 0.6) is 0 Å². The van der Waals surface area contributed by atoms with Crippen LogP contribution in [0.2, 0.25) is 0 Å². The summed E-state index contributed by atoms with van der Waals surface area (Å²) in [6.07, 6.45) is 3.15. The Morgan fingerprint density at radius 1 is 1.15 bits per heavy atom. The van der Waals surface area contributed by atoms with E-state index in [-0.39, 0.29) is 18.3 Å². The van der Waals surface area contributed by atoms with Gasteiger partial charge in [-0.2, -0.15) is 0 Å². The highest BCUT2D eigenvalue weighted by Crippen LogP contribution is 2.37. The van der Waals surface area contributed by atoms with Gasteiger partial charge < -0.3 is 14.2 Å². The van der Waals surface area contributed by atoms with Crippen LogP contribution in [-0.2, 0) is 9.31 Å². The molecule has 0 saturated carbocycles. The number of aromatic nitrogens is 1. The quantitative estimate of drug-likeness (QED) is 0.771. The van der Waals surface area contributed by atoms with E-state index in [1.165, 1.54) is 6.42 Å². The molecule has 20 heavy (non-hydrogen) atoms. The van der Waals surface area contributed by atoms with Gasteiger partial charge in [-0.05, 0) is 46.6 Å². The van der Waals surface area contributed by atoms with Gasteiger partial charge in [0, 0.05) is 24.7 Å². The molecule has 2 aliphatic rings. The van der Waals surface area contributed by atoms with Crippen molar-refractivity contribution in [3.63, 3.8) is 0 Å². The smallest absolute Gasteiger partial charge is 0.399 e. The van der Waals surface area contributed by atoms with E-state index >= 15 is 0 Å². The van der Waals surface area contributed by atoms with Crippen LogP contribution in [0, 0.1) is 6.92 Å². The summed E-state index contributed by atoms with van der Waals surface area (Å²) in [5, 5.41) is 0. The second-order valence-electron chi connectivity index (χ2n) is 6.85. The summed E-state index contributed by atoms with van der Waals surface area (Å²) in [6, 6.07) is 2.14. The highest BCUT2D eigenvalue weighted by atomic mass is 16.7. The molecular formula is C15H23BN2O2. The Hall–Kier alpha value is -1.07. The summed E-state index contributed by atoms with van der Waals surface area (Å²) in [7, 11) is -0.331. The van der Waals surface area contributed by atoms with Crippen molar-refractivity contribution in [2.45, 2.75) is 52.2 Å². The summed E-state index contributed by atoms with van der Waals surface area (Å²) in [5.41, 5.74) is 1.57. The summed E-state index contributed by atoms with van der Waals surface area (Å²) in [6.45, 7) is 12.5. The monoisotopic (exact) mass is 274 g/mol. The van der Waals surface area contributed by atoms with E-state index < -0.39 is 0 Å². The number of hydrogen-bond donors (Lipinski definition) is 0. The minimum absolute atomic E-state index is 0.312. The molecule has 0 atom stereocenters. The molecule has 0 radical (unpaired) electrons. The maximum Gasteiger partial charge on any atom is 0.498 e. The van der Waals surface area contributed by atoms with E-state index in [1.807, 2.05) is 6.20 Å². The first-order valence-electron chi connectivity index (χ1n) is 7.37. The van der Waals surface area contributed by atoms with Gasteiger partial charge >= 0.3 is 7.12 Å². The second-order valence-corrected chi connectivity index (χ2v) is 6.85. The lowest BCUT2D eigenvalue weighted by molar-refractivity contribution is 0.00578. The number of hydrogen-bond acceptors (Lipinski definition) is 4. The highest BCUT2D eigenvalue weighted by molar-refractivity contribution is 6.63. The first-order chi connectivity index (χ1) is 9.30. The molecule has 0 unspecified atom stereocenters. The molecule has 2 saturated heterocycles. The molecule has 0 spiro atoms. The topological polar surface area (TPSA) is 34.6 Å². The van der Waals surface area contributed by atoms with Crippen LogP contribution in [-0.4, -0.2) is 36.4 Å². The second kappa shape index (κ2) is 4.47. The van der Waals surface area contributed by atoms with Crippen LogP contribution < -0.4 is 10.4 Å². The number of anilines is 1. The van der Waals surface area contributed by atoms with Gasteiger partial charge in [0.1, 0.15) is 5.82 Å². The van der Waals surface area contributed by atoms with E-state index in [1.54, 1.807) is 0 Å². The van der Waals surface area contributed by atoms with Crippen molar-refractivity contribution in [3.8, 4) is 0 Å². The number of rotatable bonds is 2. The Morgan fingerprint density at radius 2 is 1.75 bits per heavy atom. The Balaban J connectivity index is 1.96. The average molecular weight is 274 g/mol. The lowest BCUT2D eigenvalue weighted by Crippen LogP contribution is -2.45. The van der Waals surface area contributed by atoms with E-state index in [4.69, 9.17) is 9.31 Å². The zero-order chi connectivity index (χ0) is 14.5. The largest absolute Gasteiger partial charge is 0.498 e. The Kier molecular flexibility index (Phi) is 3.10. The molecule has 2 aliphatic heterocycles. The van der Waals surface area contributed by atoms with Crippen molar-refractivity contribution in [2.24, 2.45) is 0 Å². The minimum atomic E-state index is -0.331. The molecule has 5 heteroatoms. The lowest BCUT2D eigenvalue weighted by atomic mass is 9.78. The number of nitrogens with zero attached hydrogens (tertiary/aromatic N) is 2. The molecule has 0 aromatic carbocycles. The molecule has 3 rings (SSSR count). The van der Waals surface area contributed by atoms with Crippen LogP contribution >= 0.6 is 0 Å². The molecule has 2 fully saturated rings. The van der Waals surface area contributed by atoms with Crippen molar-refractivity contribution in [2.75, 3.05) is 18.0 Å². The van der Waals surface area contributed by atoms with Crippen LogP contribution in [0.15, 0.2) is 12.3 Å². The van der Waals surface area contributed by atoms with Crippen molar-refractivity contribution < 1.29 is 9.31 Å². The van der Waals surface area contributed by atoms with E-state index in [0.717, 1.165) is 29.9 Å². The van der Waals surface area contributed by atoms with Crippen molar-refractivity contribution in [1.29, 1.82) is 0 Å². The van der Waals surface area contributed by atoms with Gasteiger partial charge in [-0.15, -0.1) is 0 Å². The molecule has 0 aliphatic carbocycles. The summed E-state index contributed by atoms with van der Waals surface area (Å²) < 4.78 is 12.4. The van der Waals surface area contributed by atoms with Crippen LogP contribution in [0.25, 0.3) is 0 Å². The molecule has 0 bridgehead atoms. The van der Waals surface area contributed by atoms with Gasteiger partial charge in [0.25, 0.3) is 0 Å². The molecule has 3 heterocycles. The van der Waals surface area contributed by atoms with Gasteiger partial charge in [-0.3, -0.25) is 0 Å². The normalized spacial score (nSPS) is 23.9. The van der Waals surface area contributed by atoms with Crippen LogP contribution in [0.1, 0.15) is 39.7 Å². The standard InChI is InChI=1S/C15H23BN2O2/c1-11-9-12(13(17-10-11)18-7-6-8-18)16-19-14(2,3)15(4,5)20-16/h9-10H,6-8H2,1-5H3. The van der Waals surface area contributed by atoms with Gasteiger partial charge in [-0.1, -0.05) is 6.07 Å². The third-order valence-corrected chi connectivity index (χ3v) is 4.69. The highest BCUT2D eigenvalue weighted by Gasteiger charge is 2.52. The lowest BCUT2D eigenvalue weighted by Gasteiger charge is -2.34. The third-order valence-electron chi connectivity index (χ3n) is 4.69. The van der Waals surface area contributed by atoms with Gasteiger partial charge in [0.05, 0.1) is 11.2 Å². The fourth-order valence-electron chi connectivity index (χ4n) is 2.52. The van der Waals surface area contributed by atoms with Crippen molar-refractivity contribution in [1.82, 2.24) is 4.98 Å². The Morgan fingerprint density at radius 3 is 2.25 bits per heavy atom. The maximum absolute atomic E-state index is 6.18. The average Bonchev–Trinajstić information content (AvgIpc) is 2.48. The molecule has 4 nitrogen and oxygen atoms in total. The first-order valence-corrected chi connectivity index (χ1v) is 7.37. The van der Waals surface area contributed by atoms with Crippen LogP contribution in [0.4, 0.5) is 5.82 Å². The van der Waals surface area contributed by atoms with E-state index in [2.05, 4.69) is 50.6 Å². The first kappa shape index (κ1) is 13.9. The third kappa shape index (κ3) is 2.13. The maximum atomic E-state index is 6.18. The molecular weight excluding hydrogens is 251 g/mol. The summed E-state index contributed by atoms with van der Waals surface area (Å²) in [5.74, 6) is 1.01. The molecule has 0 N–H and O–H groups in total. The zero-order valence-corrected chi connectivity index (χ0v) is 13.1. The van der Waals surface area contributed by atoms with Crippen LogP contribution in [0.3, 0.4) is 0 Å². The summed E-state index contributed by atoms with van der Waals surface area (Å²) >= 11 is 0. The van der Waals surface area contributed by atoms with Gasteiger partial charge in [-0.25, -0.2) is 4.98 Å². The predicted octanol–water partition coefficient (Wildman–Crippen LogP) is 1.90. The molecule has 0 amide bonds. The van der Waals surface area contributed by atoms with E-state index in [9.17, 15) is 0 Å². The molecule has 1 aromatic heterocycles. The Bertz CT molecular complexity index is 511. The van der Waals surface area contributed by atoms with Gasteiger partial charge in [0.2, 0.25) is 0 Å². The fraction of sp³-hybridized carbons (Fsp3) is 0.667. The summed E-state index contributed by atoms with van der Waals surface area (Å²) in [4.78, 5) is 6.90. The fourth-order valence-corrected chi connectivity index (χ4v) is 2.52. The van der Waals surface area contributed by atoms with Crippen molar-refractivity contribution in [3.05, 3.63) is 17.8 Å². The zero-order valence-electron chi connectivity index (χ0n) is 13.1. The number of aryl methyl sites for hydroxylation is 1. The number of pyridine rings is 1. The SMILES string of the molecule is Cc1cnc(N2CCC2)c(B2OC(C)(C)C(C)(C)O2)c1. The molecule has 108 valence electrons.